The fraction of sp³-hybridized carbons (Fsp3) is 0.615. The Hall–Kier alpha value is -0.700. The predicted molar refractivity (Wildman–Crippen MR) is 72.1 cm³/mol. The Morgan fingerprint density at radius 3 is 2.31 bits per heavy atom. The molecule has 0 spiro atoms. The van der Waals surface area contributed by atoms with Gasteiger partial charge in [0.2, 0.25) is 0 Å². The molecule has 0 aromatic heterocycles. The fourth-order valence-corrected chi connectivity index (χ4v) is 1.24. The number of rotatable bonds is 6. The molecule has 3 heteroatoms. The molecule has 0 aromatic carbocycles. The van der Waals surface area contributed by atoms with Crippen LogP contribution in [0.15, 0.2) is 23.3 Å². The summed E-state index contributed by atoms with van der Waals surface area (Å²) in [6.45, 7) is 7.81. The second-order valence-corrected chi connectivity index (χ2v) is 5.64. The van der Waals surface area contributed by atoms with Gasteiger partial charge < -0.3 is 5.11 Å². The average Bonchev–Trinajstić information content (AvgIpc) is 2.14. The summed E-state index contributed by atoms with van der Waals surface area (Å²) in [5.41, 5.74) is 2.54. The number of carboxylic acids is 1. The van der Waals surface area contributed by atoms with Gasteiger partial charge in [-0.3, -0.25) is 4.79 Å². The standard InChI is InChI=1S/C13H22O2S/c1-10(2)6-5-7-11(3)8-9-13(4,16)12(14)15/h6,8,16H,5,7,9H2,1-4H3,(H,14,15)/b11-8+. The van der Waals surface area contributed by atoms with Crippen molar-refractivity contribution >= 4 is 18.6 Å². The average molecular weight is 242 g/mol. The van der Waals surface area contributed by atoms with Crippen molar-refractivity contribution in [1.82, 2.24) is 0 Å². The molecule has 1 atom stereocenters. The van der Waals surface area contributed by atoms with Crippen LogP contribution in [0.3, 0.4) is 0 Å². The molecule has 92 valence electrons. The monoisotopic (exact) mass is 242 g/mol. The number of thiol groups is 1. The predicted octanol–water partition coefficient (Wildman–Crippen LogP) is 3.84. The first-order valence-corrected chi connectivity index (χ1v) is 5.95. The van der Waals surface area contributed by atoms with Crippen molar-refractivity contribution in [3.63, 3.8) is 0 Å². The lowest BCUT2D eigenvalue weighted by Crippen LogP contribution is -2.27. The number of aliphatic carboxylic acids is 1. The third-order valence-electron chi connectivity index (χ3n) is 2.40. The SMILES string of the molecule is CC(C)=CCC/C(C)=C/CC(C)(S)C(=O)O. The van der Waals surface area contributed by atoms with E-state index < -0.39 is 10.7 Å². The fourth-order valence-electron chi connectivity index (χ4n) is 1.15. The normalized spacial score (nSPS) is 15.4. The van der Waals surface area contributed by atoms with Crippen LogP contribution in [0, 0.1) is 0 Å². The van der Waals surface area contributed by atoms with E-state index in [0.717, 1.165) is 12.8 Å². The van der Waals surface area contributed by atoms with Crippen molar-refractivity contribution in [3.8, 4) is 0 Å². The summed E-state index contributed by atoms with van der Waals surface area (Å²) in [4.78, 5) is 10.8. The smallest absolute Gasteiger partial charge is 0.319 e. The Balaban J connectivity index is 4.15. The van der Waals surface area contributed by atoms with E-state index in [9.17, 15) is 4.79 Å². The number of carboxylic acid groups (broad SMARTS) is 1. The minimum absolute atomic E-state index is 0.464. The summed E-state index contributed by atoms with van der Waals surface area (Å²) in [7, 11) is 0. The van der Waals surface area contributed by atoms with E-state index in [0.29, 0.717) is 6.42 Å². The van der Waals surface area contributed by atoms with Crippen molar-refractivity contribution in [1.29, 1.82) is 0 Å². The van der Waals surface area contributed by atoms with Gasteiger partial charge in [-0.1, -0.05) is 23.3 Å². The summed E-state index contributed by atoms with van der Waals surface area (Å²) in [5.74, 6) is -0.871. The molecule has 0 heterocycles. The van der Waals surface area contributed by atoms with Crippen molar-refractivity contribution in [2.24, 2.45) is 0 Å². The van der Waals surface area contributed by atoms with E-state index in [4.69, 9.17) is 5.11 Å². The molecular weight excluding hydrogens is 220 g/mol. The van der Waals surface area contributed by atoms with E-state index in [-0.39, 0.29) is 0 Å². The second-order valence-electron chi connectivity index (χ2n) is 4.65. The Labute approximate surface area is 104 Å². The summed E-state index contributed by atoms with van der Waals surface area (Å²) in [6.07, 6.45) is 6.62. The highest BCUT2D eigenvalue weighted by molar-refractivity contribution is 7.82. The maximum atomic E-state index is 10.8. The molecule has 0 rings (SSSR count). The van der Waals surface area contributed by atoms with Crippen LogP contribution in [0.5, 0.6) is 0 Å². The Kier molecular flexibility index (Phi) is 6.49. The molecule has 1 unspecified atom stereocenters. The van der Waals surface area contributed by atoms with Gasteiger partial charge in [0.1, 0.15) is 4.75 Å². The van der Waals surface area contributed by atoms with Crippen molar-refractivity contribution in [2.75, 3.05) is 0 Å². The van der Waals surface area contributed by atoms with Crippen LogP contribution < -0.4 is 0 Å². The summed E-state index contributed by atoms with van der Waals surface area (Å²) in [6, 6.07) is 0. The van der Waals surface area contributed by atoms with Gasteiger partial charge in [0.25, 0.3) is 0 Å². The maximum absolute atomic E-state index is 10.8. The first-order valence-electron chi connectivity index (χ1n) is 5.50. The van der Waals surface area contributed by atoms with E-state index in [1.165, 1.54) is 11.1 Å². The minimum atomic E-state index is -0.961. The molecule has 0 aromatic rings. The van der Waals surface area contributed by atoms with Crippen LogP contribution >= 0.6 is 12.6 Å². The maximum Gasteiger partial charge on any atom is 0.319 e. The summed E-state index contributed by atoms with van der Waals surface area (Å²) < 4.78 is -0.961. The Morgan fingerprint density at radius 2 is 1.88 bits per heavy atom. The van der Waals surface area contributed by atoms with Gasteiger partial charge in [-0.25, -0.2) is 0 Å². The van der Waals surface area contributed by atoms with Gasteiger partial charge in [-0.15, -0.1) is 0 Å². The molecule has 0 radical (unpaired) electrons. The number of allylic oxidation sites excluding steroid dienone is 4. The van der Waals surface area contributed by atoms with Crippen LogP contribution in [0.25, 0.3) is 0 Å². The lowest BCUT2D eigenvalue weighted by Gasteiger charge is -2.15. The first kappa shape index (κ1) is 15.3. The van der Waals surface area contributed by atoms with Crippen LogP contribution in [0.4, 0.5) is 0 Å². The minimum Gasteiger partial charge on any atom is -0.480 e. The molecule has 0 bridgehead atoms. The molecule has 16 heavy (non-hydrogen) atoms. The lowest BCUT2D eigenvalue weighted by atomic mass is 10.0. The molecule has 0 aliphatic heterocycles. The third-order valence-corrected chi connectivity index (χ3v) is 2.77. The van der Waals surface area contributed by atoms with E-state index in [1.807, 2.05) is 13.0 Å². The molecule has 0 amide bonds. The van der Waals surface area contributed by atoms with E-state index in [2.05, 4.69) is 32.6 Å². The highest BCUT2D eigenvalue weighted by Crippen LogP contribution is 2.21. The van der Waals surface area contributed by atoms with Gasteiger partial charge in [-0.2, -0.15) is 12.6 Å². The van der Waals surface area contributed by atoms with Gasteiger partial charge in [0.15, 0.2) is 0 Å². The van der Waals surface area contributed by atoms with Crippen molar-refractivity contribution in [2.45, 2.75) is 51.7 Å². The van der Waals surface area contributed by atoms with Crippen LogP contribution in [-0.4, -0.2) is 15.8 Å². The highest BCUT2D eigenvalue weighted by atomic mass is 32.1. The van der Waals surface area contributed by atoms with Crippen LogP contribution in [-0.2, 0) is 4.79 Å². The van der Waals surface area contributed by atoms with E-state index >= 15 is 0 Å². The molecule has 1 N–H and O–H groups in total. The summed E-state index contributed by atoms with van der Waals surface area (Å²) >= 11 is 4.12. The zero-order valence-corrected chi connectivity index (χ0v) is 11.5. The van der Waals surface area contributed by atoms with Crippen LogP contribution in [0.2, 0.25) is 0 Å². The Morgan fingerprint density at radius 1 is 1.31 bits per heavy atom. The van der Waals surface area contributed by atoms with Gasteiger partial charge in [0.05, 0.1) is 0 Å². The quantitative estimate of drug-likeness (QED) is 0.548. The number of hydrogen-bond donors (Lipinski definition) is 2. The van der Waals surface area contributed by atoms with Gasteiger partial charge >= 0.3 is 5.97 Å². The van der Waals surface area contributed by atoms with Gasteiger partial charge in [-0.05, 0) is 47.0 Å². The number of carbonyl (C=O) groups is 1. The first-order chi connectivity index (χ1) is 7.25. The lowest BCUT2D eigenvalue weighted by molar-refractivity contribution is -0.139. The topological polar surface area (TPSA) is 37.3 Å². The van der Waals surface area contributed by atoms with E-state index in [1.54, 1.807) is 6.92 Å². The van der Waals surface area contributed by atoms with Crippen molar-refractivity contribution in [3.05, 3.63) is 23.3 Å². The summed E-state index contributed by atoms with van der Waals surface area (Å²) in [5, 5.41) is 8.89. The van der Waals surface area contributed by atoms with Gasteiger partial charge in [0, 0.05) is 0 Å². The van der Waals surface area contributed by atoms with Crippen LogP contribution in [0.1, 0.15) is 47.0 Å². The molecular formula is C13H22O2S. The molecule has 0 aliphatic rings. The zero-order chi connectivity index (χ0) is 12.8. The largest absolute Gasteiger partial charge is 0.480 e. The van der Waals surface area contributed by atoms with Crippen molar-refractivity contribution < 1.29 is 9.90 Å². The molecule has 2 nitrogen and oxygen atoms in total. The second kappa shape index (κ2) is 6.79. The number of hydrogen-bond acceptors (Lipinski definition) is 2. The highest BCUT2D eigenvalue weighted by Gasteiger charge is 2.26. The Bertz CT molecular complexity index is 297. The zero-order valence-electron chi connectivity index (χ0n) is 10.6. The molecule has 0 saturated carbocycles. The molecule has 0 saturated heterocycles. The third kappa shape index (κ3) is 6.72. The molecule has 0 fully saturated rings. The molecule has 0 aliphatic carbocycles.